The standard InChI is InChI=1S/C5H8.C3H6.C2H7N.2C2H6/c1-4-5(2)3;2*1-3-2;2*1-2/h4H,1-2H2,3H3;3H,1H2,2H3;3H,1-2H3;2*1-2H3. The second kappa shape index (κ2) is 72.9. The van der Waals surface area contributed by atoms with Gasteiger partial charge in [0.15, 0.2) is 0 Å². The first-order valence-corrected chi connectivity index (χ1v) is 5.54. The Morgan fingerprint density at radius 1 is 1.00 bits per heavy atom. The average Bonchev–Trinajstić information content (AvgIpc) is 2.26. The van der Waals surface area contributed by atoms with Crippen LogP contribution in [-0.4, -0.2) is 14.1 Å². The lowest BCUT2D eigenvalue weighted by Gasteiger charge is -1.71. The molecule has 0 spiro atoms. The van der Waals surface area contributed by atoms with E-state index in [4.69, 9.17) is 0 Å². The second-order valence-electron chi connectivity index (χ2n) is 1.96. The third kappa shape index (κ3) is 1180. The number of hydrogen-bond acceptors (Lipinski definition) is 1. The molecule has 0 aromatic heterocycles. The van der Waals surface area contributed by atoms with Crippen LogP contribution in [-0.2, 0) is 0 Å². The van der Waals surface area contributed by atoms with Crippen LogP contribution in [0.2, 0.25) is 0 Å². The van der Waals surface area contributed by atoms with Crippen LogP contribution < -0.4 is 5.32 Å². The van der Waals surface area contributed by atoms with E-state index in [0.29, 0.717) is 0 Å². The molecule has 0 aliphatic heterocycles. The number of nitrogens with one attached hydrogen (secondary N) is 1. The summed E-state index contributed by atoms with van der Waals surface area (Å²) in [6.07, 6.45) is 3.47. The first kappa shape index (κ1) is 29.2. The highest BCUT2D eigenvalue weighted by atomic mass is 14.7. The Kier molecular flexibility index (Phi) is 142. The zero-order valence-electron chi connectivity index (χ0n) is 12.3. The molecule has 0 fully saturated rings. The molecule has 0 bridgehead atoms. The molecule has 0 aromatic rings. The second-order valence-corrected chi connectivity index (χ2v) is 1.96. The number of hydrogen-bond donors (Lipinski definition) is 1. The van der Waals surface area contributed by atoms with Gasteiger partial charge in [-0.25, -0.2) is 0 Å². The van der Waals surface area contributed by atoms with Gasteiger partial charge in [-0.05, 0) is 27.9 Å². The van der Waals surface area contributed by atoms with Gasteiger partial charge in [0.05, 0.1) is 0 Å². The van der Waals surface area contributed by atoms with Gasteiger partial charge in [0, 0.05) is 0 Å². The van der Waals surface area contributed by atoms with Crippen molar-refractivity contribution < 1.29 is 0 Å². The van der Waals surface area contributed by atoms with Crippen LogP contribution in [0.5, 0.6) is 0 Å². The molecule has 0 heterocycles. The van der Waals surface area contributed by atoms with Crippen molar-refractivity contribution in [3.05, 3.63) is 37.5 Å². The van der Waals surface area contributed by atoms with Crippen molar-refractivity contribution in [1.29, 1.82) is 0 Å². The van der Waals surface area contributed by atoms with Crippen LogP contribution >= 0.6 is 0 Å². The van der Waals surface area contributed by atoms with Crippen molar-refractivity contribution >= 4 is 0 Å². The molecule has 0 atom stereocenters. The third-order valence-corrected chi connectivity index (χ3v) is 0.348. The molecule has 1 N–H and O–H groups in total. The molecule has 0 aliphatic carbocycles. The Morgan fingerprint density at radius 3 is 1.07 bits per heavy atom. The molecule has 1 nitrogen and oxygen atoms in total. The first-order valence-electron chi connectivity index (χ1n) is 5.54. The SMILES string of the molecule is C=CC.C=CC(=C)C.CC.CC.CNC. The van der Waals surface area contributed by atoms with Crippen LogP contribution in [0.25, 0.3) is 0 Å². The van der Waals surface area contributed by atoms with Crippen LogP contribution in [0.3, 0.4) is 0 Å². The molecule has 0 rings (SSSR count). The molecule has 0 saturated carbocycles. The van der Waals surface area contributed by atoms with E-state index in [2.05, 4.69) is 25.1 Å². The van der Waals surface area contributed by atoms with Gasteiger partial charge in [-0.1, -0.05) is 58.6 Å². The van der Waals surface area contributed by atoms with Crippen molar-refractivity contribution in [3.63, 3.8) is 0 Å². The Balaban J connectivity index is -0.0000000296. The predicted molar refractivity (Wildman–Crippen MR) is 78.6 cm³/mol. The van der Waals surface area contributed by atoms with Gasteiger partial charge in [-0.3, -0.25) is 0 Å². The number of allylic oxidation sites excluding steroid dienone is 3. The van der Waals surface area contributed by atoms with Crippen molar-refractivity contribution in [3.8, 4) is 0 Å². The van der Waals surface area contributed by atoms with E-state index < -0.39 is 0 Å². The van der Waals surface area contributed by atoms with E-state index in [1.54, 1.807) is 12.2 Å². The molecule has 0 amide bonds. The lowest BCUT2D eigenvalue weighted by atomic mass is 10.4. The molecule has 0 unspecified atom stereocenters. The quantitative estimate of drug-likeness (QED) is 0.488. The van der Waals surface area contributed by atoms with E-state index in [1.807, 2.05) is 55.6 Å². The third-order valence-electron chi connectivity index (χ3n) is 0.348. The lowest BCUT2D eigenvalue weighted by molar-refractivity contribution is 1.02. The van der Waals surface area contributed by atoms with E-state index >= 15 is 0 Å². The minimum absolute atomic E-state index is 1.02. The maximum absolute atomic E-state index is 3.56. The molecule has 0 radical (unpaired) electrons. The molecule has 15 heavy (non-hydrogen) atoms. The maximum Gasteiger partial charge on any atom is -0.0167 e. The molecule has 0 aliphatic rings. The fourth-order valence-electron chi connectivity index (χ4n) is 0. The van der Waals surface area contributed by atoms with Crippen LogP contribution in [0.1, 0.15) is 41.5 Å². The van der Waals surface area contributed by atoms with Gasteiger partial charge in [0.1, 0.15) is 0 Å². The van der Waals surface area contributed by atoms with Gasteiger partial charge in [-0.15, -0.1) is 6.58 Å². The normalized spacial score (nSPS) is 5.07. The molecular weight excluding hydrogens is 182 g/mol. The summed E-state index contributed by atoms with van der Waals surface area (Å²) in [7, 11) is 3.75. The van der Waals surface area contributed by atoms with E-state index in [9.17, 15) is 0 Å². The van der Waals surface area contributed by atoms with E-state index in [1.165, 1.54) is 0 Å². The highest BCUT2D eigenvalue weighted by Gasteiger charge is 1.59. The Labute approximate surface area is 99.0 Å². The average molecular weight is 215 g/mol. The van der Waals surface area contributed by atoms with Crippen LogP contribution in [0.4, 0.5) is 0 Å². The topological polar surface area (TPSA) is 12.0 Å². The smallest absolute Gasteiger partial charge is 0.0167 e. The Hall–Kier alpha value is -0.820. The summed E-state index contributed by atoms with van der Waals surface area (Å²) >= 11 is 0. The van der Waals surface area contributed by atoms with E-state index in [-0.39, 0.29) is 0 Å². The highest BCUT2D eigenvalue weighted by Crippen LogP contribution is 1.81. The van der Waals surface area contributed by atoms with Crippen molar-refractivity contribution in [1.82, 2.24) is 5.32 Å². The van der Waals surface area contributed by atoms with E-state index in [0.717, 1.165) is 5.57 Å². The summed E-state index contributed by atoms with van der Waals surface area (Å²) in [4.78, 5) is 0. The largest absolute Gasteiger partial charge is 0.323 e. The highest BCUT2D eigenvalue weighted by molar-refractivity contribution is 5.05. The van der Waals surface area contributed by atoms with Crippen LogP contribution in [0.15, 0.2) is 37.5 Å². The summed E-state index contributed by atoms with van der Waals surface area (Å²) in [5.74, 6) is 0. The predicted octanol–water partition coefficient (Wildman–Crippen LogP) is 4.83. The first-order chi connectivity index (χ1) is 7.10. The minimum Gasteiger partial charge on any atom is -0.323 e. The van der Waals surface area contributed by atoms with Crippen molar-refractivity contribution in [2.24, 2.45) is 0 Å². The van der Waals surface area contributed by atoms with Gasteiger partial charge >= 0.3 is 0 Å². The fourth-order valence-corrected chi connectivity index (χ4v) is 0. The number of rotatable bonds is 1. The monoisotopic (exact) mass is 215 g/mol. The molecule has 1 heteroatoms. The zero-order valence-corrected chi connectivity index (χ0v) is 12.3. The Bertz CT molecular complexity index is 93.5. The summed E-state index contributed by atoms with van der Waals surface area (Å²) in [5.41, 5.74) is 1.02. The van der Waals surface area contributed by atoms with Crippen LogP contribution in [0, 0.1) is 0 Å². The summed E-state index contributed by atoms with van der Waals surface area (Å²) < 4.78 is 0. The summed E-state index contributed by atoms with van der Waals surface area (Å²) in [5, 5.41) is 2.75. The van der Waals surface area contributed by atoms with Gasteiger partial charge in [0.25, 0.3) is 0 Å². The van der Waals surface area contributed by atoms with Gasteiger partial charge < -0.3 is 5.32 Å². The molecular formula is C14H33N. The summed E-state index contributed by atoms with van der Waals surface area (Å²) in [6, 6.07) is 0. The lowest BCUT2D eigenvalue weighted by Crippen LogP contribution is -1.89. The zero-order chi connectivity index (χ0) is 13.7. The molecule has 0 saturated heterocycles. The summed E-state index contributed by atoms with van der Waals surface area (Å²) in [6.45, 7) is 22.2. The maximum atomic E-state index is 3.56. The minimum atomic E-state index is 1.02. The molecule has 94 valence electrons. The Morgan fingerprint density at radius 2 is 1.07 bits per heavy atom. The van der Waals surface area contributed by atoms with Gasteiger partial charge in [0.2, 0.25) is 0 Å². The fraction of sp³-hybridized carbons (Fsp3) is 0.571. The van der Waals surface area contributed by atoms with Gasteiger partial charge in [-0.2, -0.15) is 0 Å². The molecule has 0 aromatic carbocycles. The van der Waals surface area contributed by atoms with Crippen molar-refractivity contribution in [2.45, 2.75) is 41.5 Å². The van der Waals surface area contributed by atoms with Crippen molar-refractivity contribution in [2.75, 3.05) is 14.1 Å².